The van der Waals surface area contributed by atoms with E-state index in [1.54, 1.807) is 6.07 Å². The van der Waals surface area contributed by atoms with Crippen molar-refractivity contribution in [3.8, 4) is 0 Å². The van der Waals surface area contributed by atoms with E-state index in [1.165, 1.54) is 12.1 Å². The van der Waals surface area contributed by atoms with Crippen molar-refractivity contribution in [2.75, 3.05) is 6.54 Å². The number of carbonyl (C=O) groups excluding carboxylic acids is 1. The molecule has 0 radical (unpaired) electrons. The normalized spacial score (nSPS) is 21.0. The van der Waals surface area contributed by atoms with Crippen molar-refractivity contribution in [3.63, 3.8) is 0 Å². The van der Waals surface area contributed by atoms with E-state index >= 15 is 0 Å². The first kappa shape index (κ1) is 9.19. The Labute approximate surface area is 82.1 Å². The van der Waals surface area contributed by atoms with Gasteiger partial charge in [-0.05, 0) is 36.6 Å². The summed E-state index contributed by atoms with van der Waals surface area (Å²) >= 11 is 0. The van der Waals surface area contributed by atoms with Crippen molar-refractivity contribution >= 4 is 5.91 Å². The van der Waals surface area contributed by atoms with Gasteiger partial charge in [0.15, 0.2) is 0 Å². The number of carbonyl (C=O) groups is 1. The lowest BCUT2D eigenvalue weighted by molar-refractivity contribution is -0.121. The molecule has 0 bridgehead atoms. The molecule has 0 aromatic heterocycles. The molecule has 1 aliphatic rings. The molecule has 2 nitrogen and oxygen atoms in total. The van der Waals surface area contributed by atoms with Crippen LogP contribution in [0.2, 0.25) is 0 Å². The zero-order chi connectivity index (χ0) is 10.1. The van der Waals surface area contributed by atoms with Gasteiger partial charge in [0.1, 0.15) is 5.82 Å². The van der Waals surface area contributed by atoms with Crippen LogP contribution in [0.15, 0.2) is 18.2 Å². The third-order valence-corrected chi connectivity index (χ3v) is 2.66. The zero-order valence-electron chi connectivity index (χ0n) is 8.01. The molecule has 1 amide bonds. The van der Waals surface area contributed by atoms with Crippen molar-refractivity contribution in [2.24, 2.45) is 0 Å². The summed E-state index contributed by atoms with van der Waals surface area (Å²) in [6, 6.07) is 4.64. The molecule has 1 aliphatic heterocycles. The van der Waals surface area contributed by atoms with Crippen LogP contribution in [-0.4, -0.2) is 12.5 Å². The van der Waals surface area contributed by atoms with Gasteiger partial charge in [-0.2, -0.15) is 0 Å². The molecular weight excluding hydrogens is 181 g/mol. The third-order valence-electron chi connectivity index (χ3n) is 2.66. The summed E-state index contributed by atoms with van der Waals surface area (Å²) in [7, 11) is 0. The number of amides is 1. The van der Waals surface area contributed by atoms with E-state index in [1.807, 2.05) is 6.92 Å². The predicted octanol–water partition coefficient (Wildman–Crippen LogP) is 1.60. The summed E-state index contributed by atoms with van der Waals surface area (Å²) < 4.78 is 12.9. The lowest BCUT2D eigenvalue weighted by atomic mass is 9.95. The smallest absolute Gasteiger partial charge is 0.227 e. The second-order valence-corrected chi connectivity index (χ2v) is 3.61. The molecule has 0 aliphatic carbocycles. The van der Waals surface area contributed by atoms with Crippen LogP contribution in [0.4, 0.5) is 4.39 Å². The van der Waals surface area contributed by atoms with Crippen molar-refractivity contribution in [1.82, 2.24) is 5.32 Å². The average molecular weight is 193 g/mol. The Morgan fingerprint density at radius 2 is 2.29 bits per heavy atom. The zero-order valence-corrected chi connectivity index (χ0v) is 8.01. The minimum atomic E-state index is -0.231. The molecule has 0 spiro atoms. The number of benzene rings is 1. The van der Waals surface area contributed by atoms with Crippen LogP contribution in [0.1, 0.15) is 24.0 Å². The van der Waals surface area contributed by atoms with Crippen LogP contribution in [0.5, 0.6) is 0 Å². The van der Waals surface area contributed by atoms with Crippen molar-refractivity contribution in [1.29, 1.82) is 0 Å². The second-order valence-electron chi connectivity index (χ2n) is 3.61. The highest BCUT2D eigenvalue weighted by atomic mass is 19.1. The first-order chi connectivity index (χ1) is 6.68. The molecule has 74 valence electrons. The van der Waals surface area contributed by atoms with Crippen LogP contribution in [0, 0.1) is 5.82 Å². The Bertz CT molecular complexity index is 376. The summed E-state index contributed by atoms with van der Waals surface area (Å²) in [6.07, 6.45) is 0.711. The molecule has 0 fully saturated rings. The molecular formula is C11H12FNO. The van der Waals surface area contributed by atoms with Gasteiger partial charge in [0, 0.05) is 6.54 Å². The fraction of sp³-hybridized carbons (Fsp3) is 0.364. The Morgan fingerprint density at radius 1 is 1.50 bits per heavy atom. The second kappa shape index (κ2) is 3.40. The lowest BCUT2D eigenvalue weighted by Crippen LogP contribution is -2.26. The van der Waals surface area contributed by atoms with Gasteiger partial charge in [-0.3, -0.25) is 4.79 Å². The van der Waals surface area contributed by atoms with E-state index in [9.17, 15) is 9.18 Å². The monoisotopic (exact) mass is 193 g/mol. The minimum absolute atomic E-state index is 0.0235. The van der Waals surface area contributed by atoms with Crippen molar-refractivity contribution in [2.45, 2.75) is 19.3 Å². The van der Waals surface area contributed by atoms with Gasteiger partial charge in [0.2, 0.25) is 5.91 Å². The van der Waals surface area contributed by atoms with Gasteiger partial charge < -0.3 is 5.32 Å². The van der Waals surface area contributed by atoms with Gasteiger partial charge in [-0.1, -0.05) is 6.07 Å². The van der Waals surface area contributed by atoms with E-state index in [-0.39, 0.29) is 17.6 Å². The highest BCUT2D eigenvalue weighted by molar-refractivity contribution is 5.84. The van der Waals surface area contributed by atoms with E-state index in [0.717, 1.165) is 11.1 Å². The lowest BCUT2D eigenvalue weighted by Gasteiger charge is -2.10. The number of rotatable bonds is 0. The van der Waals surface area contributed by atoms with E-state index in [2.05, 4.69) is 5.32 Å². The molecule has 1 atom stereocenters. The van der Waals surface area contributed by atoms with E-state index < -0.39 is 0 Å². The summed E-state index contributed by atoms with van der Waals surface area (Å²) in [5.41, 5.74) is 1.89. The SMILES string of the molecule is CC1C(=O)NCCc2cc(F)ccc21. The van der Waals surface area contributed by atoms with Crippen LogP contribution in [-0.2, 0) is 11.2 Å². The molecule has 1 unspecified atom stereocenters. The van der Waals surface area contributed by atoms with Crippen LogP contribution in [0.3, 0.4) is 0 Å². The molecule has 0 saturated heterocycles. The molecule has 2 rings (SSSR count). The highest BCUT2D eigenvalue weighted by Gasteiger charge is 2.21. The summed E-state index contributed by atoms with van der Waals surface area (Å²) in [5.74, 6) is -0.381. The standard InChI is InChI=1S/C11H12FNO/c1-7-10-3-2-9(12)6-8(10)4-5-13-11(7)14/h2-3,6-7H,4-5H2,1H3,(H,13,14). The number of fused-ring (bicyclic) bond motifs is 1. The number of hydrogen-bond donors (Lipinski definition) is 1. The van der Waals surface area contributed by atoms with Gasteiger partial charge in [-0.25, -0.2) is 4.39 Å². The Hall–Kier alpha value is -1.38. The van der Waals surface area contributed by atoms with Crippen LogP contribution in [0.25, 0.3) is 0 Å². The molecule has 1 N–H and O–H groups in total. The summed E-state index contributed by atoms with van der Waals surface area (Å²) in [4.78, 5) is 11.5. The molecule has 1 heterocycles. The van der Waals surface area contributed by atoms with Crippen molar-refractivity contribution in [3.05, 3.63) is 35.1 Å². The van der Waals surface area contributed by atoms with Crippen LogP contribution >= 0.6 is 0 Å². The van der Waals surface area contributed by atoms with Crippen LogP contribution < -0.4 is 5.32 Å². The quantitative estimate of drug-likeness (QED) is 0.666. The minimum Gasteiger partial charge on any atom is -0.355 e. The molecule has 0 saturated carbocycles. The maximum absolute atomic E-state index is 12.9. The number of halogens is 1. The summed E-state index contributed by atoms with van der Waals surface area (Å²) in [6.45, 7) is 2.44. The maximum Gasteiger partial charge on any atom is 0.227 e. The predicted molar refractivity (Wildman–Crippen MR) is 51.5 cm³/mol. The van der Waals surface area contributed by atoms with Gasteiger partial charge in [-0.15, -0.1) is 0 Å². The summed E-state index contributed by atoms with van der Waals surface area (Å²) in [5, 5.41) is 2.80. The number of hydrogen-bond acceptors (Lipinski definition) is 1. The fourth-order valence-corrected chi connectivity index (χ4v) is 1.83. The van der Waals surface area contributed by atoms with Crippen molar-refractivity contribution < 1.29 is 9.18 Å². The molecule has 1 aromatic rings. The van der Waals surface area contributed by atoms with Gasteiger partial charge >= 0.3 is 0 Å². The highest BCUT2D eigenvalue weighted by Crippen LogP contribution is 2.23. The third kappa shape index (κ3) is 1.50. The largest absolute Gasteiger partial charge is 0.355 e. The van der Waals surface area contributed by atoms with Gasteiger partial charge in [0.25, 0.3) is 0 Å². The average Bonchev–Trinajstić information content (AvgIpc) is 2.28. The molecule has 14 heavy (non-hydrogen) atoms. The fourth-order valence-electron chi connectivity index (χ4n) is 1.83. The Balaban J connectivity index is 2.48. The first-order valence-electron chi connectivity index (χ1n) is 4.74. The van der Waals surface area contributed by atoms with E-state index in [0.29, 0.717) is 13.0 Å². The number of nitrogens with one attached hydrogen (secondary N) is 1. The molecule has 1 aromatic carbocycles. The first-order valence-corrected chi connectivity index (χ1v) is 4.74. The maximum atomic E-state index is 12.9. The van der Waals surface area contributed by atoms with E-state index in [4.69, 9.17) is 0 Å². The Morgan fingerprint density at radius 3 is 3.07 bits per heavy atom. The molecule has 3 heteroatoms. The Kier molecular flexibility index (Phi) is 2.23. The van der Waals surface area contributed by atoms with Gasteiger partial charge in [0.05, 0.1) is 5.92 Å². The topological polar surface area (TPSA) is 29.1 Å².